The van der Waals surface area contributed by atoms with E-state index in [1.165, 1.54) is 0 Å². The van der Waals surface area contributed by atoms with E-state index >= 15 is 0 Å². The summed E-state index contributed by atoms with van der Waals surface area (Å²) in [7, 11) is 0. The van der Waals surface area contributed by atoms with E-state index < -0.39 is 0 Å². The van der Waals surface area contributed by atoms with Crippen LogP contribution >= 0.6 is 0 Å². The fraction of sp³-hybridized carbons (Fsp3) is 0.667. The first-order chi connectivity index (χ1) is 11.5. The van der Waals surface area contributed by atoms with Gasteiger partial charge in [-0.1, -0.05) is 6.92 Å². The van der Waals surface area contributed by atoms with Crippen LogP contribution in [-0.2, 0) is 16.1 Å². The lowest BCUT2D eigenvalue weighted by Crippen LogP contribution is -2.54. The Morgan fingerprint density at radius 1 is 1.25 bits per heavy atom. The summed E-state index contributed by atoms with van der Waals surface area (Å²) in [4.78, 5) is 37.0. The normalized spacial score (nSPS) is 24.5. The lowest BCUT2D eigenvalue weighted by molar-refractivity contribution is -0.143. The molecule has 3 heterocycles. The second kappa shape index (κ2) is 6.87. The fourth-order valence-electron chi connectivity index (χ4n) is 3.92. The Hall–Kier alpha value is -1.98. The molecule has 2 aliphatic rings. The van der Waals surface area contributed by atoms with Gasteiger partial charge in [-0.2, -0.15) is 0 Å². The minimum Gasteiger partial charge on any atom is -0.342 e. The van der Waals surface area contributed by atoms with E-state index in [2.05, 4.69) is 9.97 Å². The molecular weight excluding hydrogens is 304 g/mol. The standard InChI is InChI=1S/C18H26N4O2/c1-3-16(23)21-8-4-6-18(12-21)7-5-17(24)22(13-18)11-15-10-19-14(2)9-20-15/h9-10H,3-8,11-13H2,1-2H3/t18-/m1/s1. The number of carbonyl (C=O) groups excluding carboxylic acids is 2. The SMILES string of the molecule is CCC(=O)N1CCC[C@@]2(CCC(=O)N(Cc3cnc(C)cn3)C2)C1. The summed E-state index contributed by atoms with van der Waals surface area (Å²) in [5.74, 6) is 0.406. The van der Waals surface area contributed by atoms with Gasteiger partial charge >= 0.3 is 0 Å². The third-order valence-corrected chi connectivity index (χ3v) is 5.25. The number of likely N-dealkylation sites (tertiary alicyclic amines) is 2. The highest BCUT2D eigenvalue weighted by Crippen LogP contribution is 2.39. The lowest BCUT2D eigenvalue weighted by atomic mass is 9.73. The van der Waals surface area contributed by atoms with E-state index in [1.54, 1.807) is 12.4 Å². The third kappa shape index (κ3) is 3.57. The lowest BCUT2D eigenvalue weighted by Gasteiger charge is -2.48. The number of hydrogen-bond acceptors (Lipinski definition) is 4. The van der Waals surface area contributed by atoms with Gasteiger partial charge < -0.3 is 9.80 Å². The van der Waals surface area contributed by atoms with Crippen LogP contribution in [0.5, 0.6) is 0 Å². The molecule has 24 heavy (non-hydrogen) atoms. The molecular formula is C18H26N4O2. The van der Waals surface area contributed by atoms with Crippen molar-refractivity contribution in [3.8, 4) is 0 Å². The molecule has 130 valence electrons. The molecule has 0 unspecified atom stereocenters. The van der Waals surface area contributed by atoms with Crippen LogP contribution in [0, 0.1) is 12.3 Å². The number of piperidine rings is 2. The summed E-state index contributed by atoms with van der Waals surface area (Å²) < 4.78 is 0. The van der Waals surface area contributed by atoms with Crippen LogP contribution < -0.4 is 0 Å². The van der Waals surface area contributed by atoms with Gasteiger partial charge in [0.1, 0.15) is 0 Å². The first-order valence-electron chi connectivity index (χ1n) is 8.84. The molecule has 1 aromatic heterocycles. The highest BCUT2D eigenvalue weighted by molar-refractivity contribution is 5.78. The second-order valence-corrected chi connectivity index (χ2v) is 7.17. The molecule has 1 atom stereocenters. The van der Waals surface area contributed by atoms with E-state index in [1.807, 2.05) is 23.6 Å². The zero-order valence-corrected chi connectivity index (χ0v) is 14.6. The number of aryl methyl sites for hydroxylation is 1. The quantitative estimate of drug-likeness (QED) is 0.849. The molecule has 0 aromatic carbocycles. The largest absolute Gasteiger partial charge is 0.342 e. The molecule has 3 rings (SSSR count). The van der Waals surface area contributed by atoms with Gasteiger partial charge in [-0.15, -0.1) is 0 Å². The molecule has 0 radical (unpaired) electrons. The number of aromatic nitrogens is 2. The maximum Gasteiger partial charge on any atom is 0.222 e. The molecule has 0 aliphatic carbocycles. The smallest absolute Gasteiger partial charge is 0.222 e. The van der Waals surface area contributed by atoms with Crippen molar-refractivity contribution in [2.75, 3.05) is 19.6 Å². The summed E-state index contributed by atoms with van der Waals surface area (Å²) in [6.07, 6.45) is 7.60. The predicted molar refractivity (Wildman–Crippen MR) is 90.0 cm³/mol. The van der Waals surface area contributed by atoms with Crippen LogP contribution in [0.15, 0.2) is 12.4 Å². The van der Waals surface area contributed by atoms with E-state index in [9.17, 15) is 9.59 Å². The van der Waals surface area contributed by atoms with Crippen molar-refractivity contribution in [1.29, 1.82) is 0 Å². The number of hydrogen-bond donors (Lipinski definition) is 0. The zero-order valence-electron chi connectivity index (χ0n) is 14.6. The molecule has 2 amide bonds. The molecule has 6 nitrogen and oxygen atoms in total. The number of nitrogens with zero attached hydrogens (tertiary/aromatic N) is 4. The topological polar surface area (TPSA) is 66.4 Å². The predicted octanol–water partition coefficient (Wildman–Crippen LogP) is 1.93. The molecule has 2 fully saturated rings. The summed E-state index contributed by atoms with van der Waals surface area (Å²) in [6.45, 7) is 6.68. The van der Waals surface area contributed by atoms with Gasteiger partial charge in [-0.05, 0) is 26.2 Å². The van der Waals surface area contributed by atoms with E-state index in [4.69, 9.17) is 0 Å². The Morgan fingerprint density at radius 3 is 2.79 bits per heavy atom. The van der Waals surface area contributed by atoms with Gasteiger partial charge in [0.05, 0.1) is 24.1 Å². The molecule has 1 spiro atoms. The van der Waals surface area contributed by atoms with Crippen molar-refractivity contribution in [2.45, 2.75) is 52.5 Å². The molecule has 6 heteroatoms. The van der Waals surface area contributed by atoms with E-state index in [0.29, 0.717) is 19.4 Å². The van der Waals surface area contributed by atoms with Crippen molar-refractivity contribution in [3.63, 3.8) is 0 Å². The Kier molecular flexibility index (Phi) is 4.83. The second-order valence-electron chi connectivity index (χ2n) is 7.17. The first-order valence-corrected chi connectivity index (χ1v) is 8.84. The van der Waals surface area contributed by atoms with E-state index in [0.717, 1.165) is 50.3 Å². The Balaban J connectivity index is 1.71. The number of rotatable bonds is 3. The minimum atomic E-state index is 0.0507. The van der Waals surface area contributed by atoms with Gasteiger partial charge in [-0.3, -0.25) is 19.6 Å². The molecule has 0 saturated carbocycles. The van der Waals surface area contributed by atoms with Crippen LogP contribution in [0.25, 0.3) is 0 Å². The van der Waals surface area contributed by atoms with Gasteiger partial charge in [0, 0.05) is 44.1 Å². The number of amides is 2. The Bertz CT molecular complexity index is 616. The van der Waals surface area contributed by atoms with Crippen molar-refractivity contribution >= 4 is 11.8 Å². The summed E-state index contributed by atoms with van der Waals surface area (Å²) >= 11 is 0. The first kappa shape index (κ1) is 16.9. The van der Waals surface area contributed by atoms with Crippen LogP contribution in [0.3, 0.4) is 0 Å². The van der Waals surface area contributed by atoms with Crippen molar-refractivity contribution in [1.82, 2.24) is 19.8 Å². The maximum absolute atomic E-state index is 12.4. The van der Waals surface area contributed by atoms with Crippen molar-refractivity contribution in [3.05, 3.63) is 23.8 Å². The van der Waals surface area contributed by atoms with Gasteiger partial charge in [0.25, 0.3) is 0 Å². The van der Waals surface area contributed by atoms with Gasteiger partial charge in [0.2, 0.25) is 11.8 Å². The Labute approximate surface area is 143 Å². The van der Waals surface area contributed by atoms with Gasteiger partial charge in [0.15, 0.2) is 0 Å². The highest BCUT2D eigenvalue weighted by Gasteiger charge is 2.42. The molecule has 0 N–H and O–H groups in total. The van der Waals surface area contributed by atoms with Crippen LogP contribution in [-0.4, -0.2) is 51.2 Å². The Morgan fingerprint density at radius 2 is 2.08 bits per heavy atom. The van der Waals surface area contributed by atoms with E-state index in [-0.39, 0.29) is 17.2 Å². The van der Waals surface area contributed by atoms with Crippen LogP contribution in [0.4, 0.5) is 0 Å². The van der Waals surface area contributed by atoms with Crippen LogP contribution in [0.1, 0.15) is 50.4 Å². The molecule has 1 aromatic rings. The monoisotopic (exact) mass is 330 g/mol. The highest BCUT2D eigenvalue weighted by atomic mass is 16.2. The molecule has 2 aliphatic heterocycles. The molecule has 0 bridgehead atoms. The van der Waals surface area contributed by atoms with Crippen molar-refractivity contribution in [2.24, 2.45) is 5.41 Å². The zero-order chi connectivity index (χ0) is 17.2. The minimum absolute atomic E-state index is 0.0507. The molecule has 2 saturated heterocycles. The summed E-state index contributed by atoms with van der Waals surface area (Å²) in [5.41, 5.74) is 1.75. The van der Waals surface area contributed by atoms with Crippen molar-refractivity contribution < 1.29 is 9.59 Å². The maximum atomic E-state index is 12.4. The summed E-state index contributed by atoms with van der Waals surface area (Å²) in [6, 6.07) is 0. The number of carbonyl (C=O) groups is 2. The van der Waals surface area contributed by atoms with Crippen LogP contribution in [0.2, 0.25) is 0 Å². The van der Waals surface area contributed by atoms with Gasteiger partial charge in [-0.25, -0.2) is 0 Å². The summed E-state index contributed by atoms with van der Waals surface area (Å²) in [5, 5.41) is 0. The average Bonchev–Trinajstić information content (AvgIpc) is 2.60. The average molecular weight is 330 g/mol. The fourth-order valence-corrected chi connectivity index (χ4v) is 3.92. The third-order valence-electron chi connectivity index (χ3n) is 5.25.